The molecule has 0 aliphatic heterocycles. The molecule has 0 spiro atoms. The Morgan fingerprint density at radius 1 is 1.40 bits per heavy atom. The monoisotopic (exact) mass is 289 g/mol. The number of thiocarbonyl (C=S) groups is 1. The number of carboxylic acids is 1. The van der Waals surface area contributed by atoms with Crippen LogP contribution in [0.5, 0.6) is 0 Å². The molecule has 0 radical (unpaired) electrons. The standard InChI is InChI=1S/C13H14N4O2S/c18-12(19)11(6-10-7-14-8-15-10)17-13(20)16-9-4-2-1-3-5-9/h1-5,7-8,11H,6H2,(H,14,15)(H,18,19)(H2,16,17,20)/p-1/t11-/m1/s1. The summed E-state index contributed by atoms with van der Waals surface area (Å²) in [6.45, 7) is 0. The van der Waals surface area contributed by atoms with Gasteiger partial charge in [-0.15, -0.1) is 0 Å². The van der Waals surface area contributed by atoms with Gasteiger partial charge in [-0.3, -0.25) is 0 Å². The van der Waals surface area contributed by atoms with Crippen molar-refractivity contribution < 1.29 is 9.90 Å². The molecule has 6 nitrogen and oxygen atoms in total. The Morgan fingerprint density at radius 3 is 2.75 bits per heavy atom. The first kappa shape index (κ1) is 14.0. The second-order valence-electron chi connectivity index (χ2n) is 4.12. The summed E-state index contributed by atoms with van der Waals surface area (Å²) >= 11 is 5.09. The minimum absolute atomic E-state index is 0.207. The van der Waals surface area contributed by atoms with Crippen LogP contribution in [0.2, 0.25) is 0 Å². The van der Waals surface area contributed by atoms with Crippen molar-refractivity contribution in [3.8, 4) is 0 Å². The number of carbonyl (C=O) groups excluding carboxylic acids is 1. The summed E-state index contributed by atoms with van der Waals surface area (Å²) in [4.78, 5) is 17.8. The molecule has 1 aromatic heterocycles. The molecule has 1 aromatic carbocycles. The highest BCUT2D eigenvalue weighted by atomic mass is 32.1. The Balaban J connectivity index is 1.94. The molecule has 104 valence electrons. The fourth-order valence-electron chi connectivity index (χ4n) is 1.66. The second kappa shape index (κ2) is 6.67. The lowest BCUT2D eigenvalue weighted by Crippen LogP contribution is -2.50. The van der Waals surface area contributed by atoms with Gasteiger partial charge in [0.25, 0.3) is 0 Å². The summed E-state index contributed by atoms with van der Waals surface area (Å²) in [6.07, 6.45) is 3.26. The van der Waals surface area contributed by atoms with Crippen molar-refractivity contribution in [2.75, 3.05) is 5.32 Å². The third-order valence-corrected chi connectivity index (χ3v) is 2.82. The van der Waals surface area contributed by atoms with Crippen molar-refractivity contribution in [1.29, 1.82) is 0 Å². The number of benzene rings is 1. The average molecular weight is 289 g/mol. The highest BCUT2D eigenvalue weighted by Gasteiger charge is 2.13. The molecule has 0 amide bonds. The summed E-state index contributed by atoms with van der Waals surface area (Å²) in [5.74, 6) is -1.23. The average Bonchev–Trinajstić information content (AvgIpc) is 2.92. The Morgan fingerprint density at radius 2 is 2.15 bits per heavy atom. The summed E-state index contributed by atoms with van der Waals surface area (Å²) in [5, 5.41) is 17.0. The number of aliphatic carboxylic acids is 1. The molecule has 20 heavy (non-hydrogen) atoms. The van der Waals surface area contributed by atoms with E-state index in [2.05, 4.69) is 20.6 Å². The van der Waals surface area contributed by atoms with Gasteiger partial charge in [-0.25, -0.2) is 4.98 Å². The zero-order valence-corrected chi connectivity index (χ0v) is 11.3. The van der Waals surface area contributed by atoms with E-state index in [4.69, 9.17) is 12.2 Å². The maximum atomic E-state index is 11.1. The number of aromatic amines is 1. The van der Waals surface area contributed by atoms with E-state index in [0.717, 1.165) is 5.69 Å². The number of carboxylic acid groups (broad SMARTS) is 1. The quantitative estimate of drug-likeness (QED) is 0.674. The van der Waals surface area contributed by atoms with Crippen LogP contribution < -0.4 is 15.7 Å². The SMILES string of the molecule is O=C([O-])[C@@H](Cc1cnc[nH]1)NC(=S)Nc1ccccc1. The zero-order valence-electron chi connectivity index (χ0n) is 10.5. The van der Waals surface area contributed by atoms with Crippen LogP contribution in [0.3, 0.4) is 0 Å². The van der Waals surface area contributed by atoms with Gasteiger partial charge in [0.15, 0.2) is 5.11 Å². The predicted molar refractivity (Wildman–Crippen MR) is 76.9 cm³/mol. The van der Waals surface area contributed by atoms with Crippen LogP contribution in [0.1, 0.15) is 5.69 Å². The number of nitrogens with one attached hydrogen (secondary N) is 3. The van der Waals surface area contributed by atoms with Gasteiger partial charge in [0.2, 0.25) is 0 Å². The van der Waals surface area contributed by atoms with E-state index < -0.39 is 12.0 Å². The zero-order chi connectivity index (χ0) is 14.4. The number of para-hydroxylation sites is 1. The maximum Gasteiger partial charge on any atom is 0.171 e. The molecule has 3 N–H and O–H groups in total. The minimum Gasteiger partial charge on any atom is -0.548 e. The maximum absolute atomic E-state index is 11.1. The fraction of sp³-hybridized carbons (Fsp3) is 0.154. The first-order chi connectivity index (χ1) is 9.65. The van der Waals surface area contributed by atoms with Crippen LogP contribution in [0.15, 0.2) is 42.9 Å². The third kappa shape index (κ3) is 4.06. The van der Waals surface area contributed by atoms with Crippen molar-refractivity contribution >= 4 is 29.0 Å². The molecular weight excluding hydrogens is 276 g/mol. The van der Waals surface area contributed by atoms with Gasteiger partial charge in [0, 0.05) is 24.0 Å². The van der Waals surface area contributed by atoms with E-state index in [-0.39, 0.29) is 11.5 Å². The lowest BCUT2D eigenvalue weighted by Gasteiger charge is -2.21. The van der Waals surface area contributed by atoms with Gasteiger partial charge in [-0.2, -0.15) is 0 Å². The van der Waals surface area contributed by atoms with E-state index in [9.17, 15) is 9.90 Å². The van der Waals surface area contributed by atoms with Crippen molar-refractivity contribution in [2.24, 2.45) is 0 Å². The molecule has 2 aromatic rings. The van der Waals surface area contributed by atoms with Gasteiger partial charge in [0.05, 0.1) is 18.3 Å². The number of hydrogen-bond donors (Lipinski definition) is 3. The van der Waals surface area contributed by atoms with E-state index in [1.54, 1.807) is 6.20 Å². The summed E-state index contributed by atoms with van der Waals surface area (Å²) < 4.78 is 0. The summed E-state index contributed by atoms with van der Waals surface area (Å²) in [6, 6.07) is 8.31. The number of carbonyl (C=O) groups is 1. The Labute approximate surface area is 121 Å². The van der Waals surface area contributed by atoms with Gasteiger partial charge in [0.1, 0.15) is 0 Å². The van der Waals surface area contributed by atoms with Gasteiger partial charge in [-0.1, -0.05) is 18.2 Å². The van der Waals surface area contributed by atoms with Crippen molar-refractivity contribution in [3.63, 3.8) is 0 Å². The minimum atomic E-state index is -1.23. The first-order valence-electron chi connectivity index (χ1n) is 5.96. The number of nitrogens with zero attached hydrogens (tertiary/aromatic N) is 1. The molecule has 2 rings (SSSR count). The van der Waals surface area contributed by atoms with Crippen molar-refractivity contribution in [2.45, 2.75) is 12.5 Å². The summed E-state index contributed by atoms with van der Waals surface area (Å²) in [7, 11) is 0. The Kier molecular flexibility index (Phi) is 4.67. The molecule has 1 heterocycles. The van der Waals surface area contributed by atoms with Gasteiger partial charge < -0.3 is 25.5 Å². The number of hydrogen-bond acceptors (Lipinski definition) is 4. The Hall–Kier alpha value is -2.41. The van der Waals surface area contributed by atoms with Crippen LogP contribution >= 0.6 is 12.2 Å². The lowest BCUT2D eigenvalue weighted by molar-refractivity contribution is -0.308. The molecule has 0 saturated heterocycles. The lowest BCUT2D eigenvalue weighted by atomic mass is 10.2. The molecule has 0 aliphatic rings. The Bertz CT molecular complexity index is 571. The number of anilines is 1. The number of aromatic nitrogens is 2. The fourth-order valence-corrected chi connectivity index (χ4v) is 1.92. The van der Waals surface area contributed by atoms with Crippen molar-refractivity contribution in [3.05, 3.63) is 48.5 Å². The molecule has 0 saturated carbocycles. The molecule has 0 aliphatic carbocycles. The highest BCUT2D eigenvalue weighted by molar-refractivity contribution is 7.80. The van der Waals surface area contributed by atoms with Crippen LogP contribution in [0.4, 0.5) is 5.69 Å². The number of H-pyrrole nitrogens is 1. The molecule has 0 fully saturated rings. The third-order valence-electron chi connectivity index (χ3n) is 2.60. The largest absolute Gasteiger partial charge is 0.548 e. The molecular formula is C13H13N4O2S-. The predicted octanol–water partition coefficient (Wildman–Crippen LogP) is 0.0573. The molecule has 1 atom stereocenters. The molecule has 0 bridgehead atoms. The van der Waals surface area contributed by atoms with E-state index in [0.29, 0.717) is 5.69 Å². The van der Waals surface area contributed by atoms with Crippen LogP contribution in [0, 0.1) is 0 Å². The topological polar surface area (TPSA) is 92.9 Å². The molecule has 0 unspecified atom stereocenters. The van der Waals surface area contributed by atoms with Crippen LogP contribution in [-0.4, -0.2) is 27.1 Å². The van der Waals surface area contributed by atoms with Crippen LogP contribution in [-0.2, 0) is 11.2 Å². The van der Waals surface area contributed by atoms with E-state index >= 15 is 0 Å². The number of imidazole rings is 1. The van der Waals surface area contributed by atoms with Gasteiger partial charge >= 0.3 is 0 Å². The first-order valence-corrected chi connectivity index (χ1v) is 6.36. The van der Waals surface area contributed by atoms with Crippen LogP contribution in [0.25, 0.3) is 0 Å². The van der Waals surface area contributed by atoms with Crippen molar-refractivity contribution in [1.82, 2.24) is 15.3 Å². The second-order valence-corrected chi connectivity index (χ2v) is 4.53. The normalized spacial score (nSPS) is 11.6. The van der Waals surface area contributed by atoms with Gasteiger partial charge in [-0.05, 0) is 24.4 Å². The molecule has 7 heteroatoms. The highest BCUT2D eigenvalue weighted by Crippen LogP contribution is 2.05. The smallest absolute Gasteiger partial charge is 0.171 e. The van der Waals surface area contributed by atoms with E-state index in [1.165, 1.54) is 6.33 Å². The van der Waals surface area contributed by atoms with E-state index in [1.807, 2.05) is 30.3 Å². The number of rotatable bonds is 5. The summed E-state index contributed by atoms with van der Waals surface area (Å²) in [5.41, 5.74) is 1.47.